The zero-order chi connectivity index (χ0) is 13.5. The van der Waals surface area contributed by atoms with Crippen LogP contribution in [0.1, 0.15) is 36.5 Å². The molecular weight excluding hydrogens is 246 g/mol. The molecule has 6 heteroatoms. The maximum absolute atomic E-state index is 13.4. The first-order valence-corrected chi connectivity index (χ1v) is 4.83. The lowest BCUT2D eigenvalue weighted by Crippen LogP contribution is -2.17. The predicted octanol–water partition coefficient (Wildman–Crippen LogP) is 4.55. The lowest BCUT2D eigenvalue weighted by atomic mass is 9.94. The first-order chi connectivity index (χ1) is 7.59. The Bertz CT molecular complexity index is 415. The van der Waals surface area contributed by atoms with E-state index in [1.165, 1.54) is 13.8 Å². The summed E-state index contributed by atoms with van der Waals surface area (Å²) < 4.78 is 77.2. The molecule has 0 aromatic heterocycles. The van der Waals surface area contributed by atoms with Crippen LogP contribution in [0.3, 0.4) is 0 Å². The van der Waals surface area contributed by atoms with Gasteiger partial charge in [-0.2, -0.15) is 13.2 Å². The lowest BCUT2D eigenvalue weighted by Gasteiger charge is -2.17. The van der Waals surface area contributed by atoms with Crippen molar-refractivity contribution < 1.29 is 26.3 Å². The first kappa shape index (κ1) is 13.9. The van der Waals surface area contributed by atoms with E-state index >= 15 is 0 Å². The maximum Gasteiger partial charge on any atom is 0.422 e. The van der Waals surface area contributed by atoms with Crippen LogP contribution in [0.25, 0.3) is 0 Å². The highest BCUT2D eigenvalue weighted by Gasteiger charge is 2.41. The van der Waals surface area contributed by atoms with Crippen LogP contribution in [0.2, 0.25) is 0 Å². The second-order valence-electron chi connectivity index (χ2n) is 4.01. The van der Waals surface area contributed by atoms with E-state index in [9.17, 15) is 26.3 Å². The highest BCUT2D eigenvalue weighted by Crippen LogP contribution is 2.38. The van der Waals surface area contributed by atoms with Gasteiger partial charge in [-0.3, -0.25) is 0 Å². The molecule has 0 unspecified atom stereocenters. The van der Waals surface area contributed by atoms with Gasteiger partial charge < -0.3 is 0 Å². The van der Waals surface area contributed by atoms with Crippen molar-refractivity contribution in [3.05, 3.63) is 34.1 Å². The quantitative estimate of drug-likeness (QED) is 0.510. The molecule has 0 amide bonds. The van der Waals surface area contributed by atoms with Crippen molar-refractivity contribution in [3.8, 4) is 0 Å². The van der Waals surface area contributed by atoms with Crippen LogP contribution in [0.15, 0.2) is 0 Å². The van der Waals surface area contributed by atoms with Gasteiger partial charge in [-0.1, -0.05) is 13.8 Å². The second-order valence-corrected chi connectivity index (χ2v) is 4.01. The van der Waals surface area contributed by atoms with Gasteiger partial charge in [0.25, 0.3) is 0 Å². The molecular formula is C11H10F6. The summed E-state index contributed by atoms with van der Waals surface area (Å²) in [5, 5.41) is 0. The van der Waals surface area contributed by atoms with Crippen LogP contribution in [0, 0.1) is 24.4 Å². The van der Waals surface area contributed by atoms with E-state index in [1.807, 2.05) is 0 Å². The topological polar surface area (TPSA) is 0 Å². The SMILES string of the molecule is Cc1c(F)c(C(F)(F)F)c(F)c(F)c1C(C)C. The molecule has 0 aliphatic rings. The minimum atomic E-state index is -5.25. The molecule has 1 aromatic rings. The van der Waals surface area contributed by atoms with Crippen molar-refractivity contribution in [2.24, 2.45) is 0 Å². The van der Waals surface area contributed by atoms with E-state index in [1.54, 1.807) is 0 Å². The first-order valence-electron chi connectivity index (χ1n) is 4.83. The largest absolute Gasteiger partial charge is 0.422 e. The maximum atomic E-state index is 13.4. The Hall–Kier alpha value is -1.20. The van der Waals surface area contributed by atoms with Crippen LogP contribution in [-0.4, -0.2) is 0 Å². The Morgan fingerprint density at radius 3 is 1.71 bits per heavy atom. The van der Waals surface area contributed by atoms with Crippen molar-refractivity contribution >= 4 is 0 Å². The predicted molar refractivity (Wildman–Crippen MR) is 50.1 cm³/mol. The van der Waals surface area contributed by atoms with E-state index in [0.29, 0.717) is 0 Å². The highest BCUT2D eigenvalue weighted by molar-refractivity contribution is 5.38. The van der Waals surface area contributed by atoms with Gasteiger partial charge in [0.2, 0.25) is 0 Å². The Kier molecular flexibility index (Phi) is 3.45. The summed E-state index contributed by atoms with van der Waals surface area (Å²) in [5.74, 6) is -6.17. The molecule has 0 spiro atoms. The average Bonchev–Trinajstić information content (AvgIpc) is 2.12. The number of benzene rings is 1. The molecule has 0 N–H and O–H groups in total. The molecule has 0 saturated carbocycles. The zero-order valence-electron chi connectivity index (χ0n) is 9.35. The molecule has 96 valence electrons. The summed E-state index contributed by atoms with van der Waals surface area (Å²) >= 11 is 0. The van der Waals surface area contributed by atoms with Gasteiger partial charge in [0.05, 0.1) is 0 Å². The van der Waals surface area contributed by atoms with Gasteiger partial charge in [-0.15, -0.1) is 0 Å². The number of alkyl halides is 3. The molecule has 0 fully saturated rings. The lowest BCUT2D eigenvalue weighted by molar-refractivity contribution is -0.142. The van der Waals surface area contributed by atoms with Crippen LogP contribution in [0.5, 0.6) is 0 Å². The van der Waals surface area contributed by atoms with Crippen molar-refractivity contribution in [2.75, 3.05) is 0 Å². The van der Waals surface area contributed by atoms with Crippen molar-refractivity contribution in [1.29, 1.82) is 0 Å². The summed E-state index contributed by atoms with van der Waals surface area (Å²) in [6, 6.07) is 0. The molecule has 17 heavy (non-hydrogen) atoms. The standard InChI is InChI=1S/C11H10F6/c1-4(2)6-5(3)8(12)7(11(15,16)17)10(14)9(6)13/h4H,1-3H3. The normalized spacial score (nSPS) is 12.4. The van der Waals surface area contributed by atoms with Crippen molar-refractivity contribution in [1.82, 2.24) is 0 Å². The third kappa shape index (κ3) is 2.25. The number of halogens is 6. The van der Waals surface area contributed by atoms with Crippen molar-refractivity contribution in [2.45, 2.75) is 32.9 Å². The Morgan fingerprint density at radius 1 is 0.882 bits per heavy atom. The monoisotopic (exact) mass is 256 g/mol. The summed E-state index contributed by atoms with van der Waals surface area (Å²) in [7, 11) is 0. The highest BCUT2D eigenvalue weighted by atomic mass is 19.4. The van der Waals surface area contributed by atoms with Crippen LogP contribution in [-0.2, 0) is 6.18 Å². The molecule has 0 nitrogen and oxygen atoms in total. The fourth-order valence-electron chi connectivity index (χ4n) is 1.73. The van der Waals surface area contributed by atoms with Crippen LogP contribution < -0.4 is 0 Å². The molecule has 0 heterocycles. The summed E-state index contributed by atoms with van der Waals surface area (Å²) in [5.41, 5.74) is -3.05. The van der Waals surface area contributed by atoms with Gasteiger partial charge >= 0.3 is 6.18 Å². The number of rotatable bonds is 1. The molecule has 1 aromatic carbocycles. The summed E-state index contributed by atoms with van der Waals surface area (Å²) in [6.45, 7) is 3.89. The third-order valence-electron chi connectivity index (χ3n) is 2.46. The van der Waals surface area contributed by atoms with E-state index in [-0.39, 0.29) is 5.56 Å². The smallest absolute Gasteiger partial charge is 0.206 e. The molecule has 0 saturated heterocycles. The summed E-state index contributed by atoms with van der Waals surface area (Å²) in [4.78, 5) is 0. The van der Waals surface area contributed by atoms with Crippen LogP contribution >= 0.6 is 0 Å². The number of hydrogen-bond donors (Lipinski definition) is 0. The van der Waals surface area contributed by atoms with E-state index in [2.05, 4.69) is 0 Å². The zero-order valence-corrected chi connectivity index (χ0v) is 9.35. The minimum absolute atomic E-state index is 0.368. The van der Waals surface area contributed by atoms with Gasteiger partial charge in [0.1, 0.15) is 11.4 Å². The van der Waals surface area contributed by atoms with Gasteiger partial charge in [-0.05, 0) is 24.0 Å². The number of hydrogen-bond acceptors (Lipinski definition) is 0. The van der Waals surface area contributed by atoms with Gasteiger partial charge in [-0.25, -0.2) is 13.2 Å². The van der Waals surface area contributed by atoms with Gasteiger partial charge in [0, 0.05) is 0 Å². The summed E-state index contributed by atoms with van der Waals surface area (Å²) in [6.07, 6.45) is -5.25. The molecule has 0 bridgehead atoms. The molecule has 0 atom stereocenters. The van der Waals surface area contributed by atoms with Crippen molar-refractivity contribution in [3.63, 3.8) is 0 Å². The molecule has 0 aliphatic heterocycles. The molecule has 0 aliphatic carbocycles. The van der Waals surface area contributed by atoms with E-state index < -0.39 is 40.7 Å². The fraction of sp³-hybridized carbons (Fsp3) is 0.455. The van der Waals surface area contributed by atoms with Gasteiger partial charge in [0.15, 0.2) is 11.6 Å². The Balaban J connectivity index is 3.71. The molecule has 0 radical (unpaired) electrons. The minimum Gasteiger partial charge on any atom is -0.206 e. The van der Waals surface area contributed by atoms with Crippen LogP contribution in [0.4, 0.5) is 26.3 Å². The Labute approximate surface area is 94.2 Å². The Morgan fingerprint density at radius 2 is 1.35 bits per heavy atom. The van der Waals surface area contributed by atoms with E-state index in [0.717, 1.165) is 6.92 Å². The average molecular weight is 256 g/mol. The fourth-order valence-corrected chi connectivity index (χ4v) is 1.73. The molecule has 1 rings (SSSR count). The van der Waals surface area contributed by atoms with E-state index in [4.69, 9.17) is 0 Å². The second kappa shape index (κ2) is 4.23. The third-order valence-corrected chi connectivity index (χ3v) is 2.46.